The van der Waals surface area contributed by atoms with Gasteiger partial charge in [-0.25, -0.2) is 9.59 Å². The fraction of sp³-hybridized carbons (Fsp3) is 0.724. The SMILES string of the molecule is CC1=C[C@H]2O[C@@H]3[C@H](O)[C@H]4OC(=O)/C=C\C=C\[C@H]([C@@H](C)O)OCC[C@@]5(C)O[C@@H]5C(=O)OC[C@]2(CC1)[C@]4(C)[C@]31CO1. The highest BCUT2D eigenvalue weighted by Gasteiger charge is 2.85. The van der Waals surface area contributed by atoms with Crippen molar-refractivity contribution in [1.29, 1.82) is 0 Å². The maximum atomic E-state index is 13.3. The van der Waals surface area contributed by atoms with Crippen LogP contribution in [0.15, 0.2) is 36.0 Å². The highest BCUT2D eigenvalue weighted by molar-refractivity contribution is 5.82. The molecule has 10 nitrogen and oxygen atoms in total. The second-order valence-corrected chi connectivity index (χ2v) is 12.4. The summed E-state index contributed by atoms with van der Waals surface area (Å²) in [7, 11) is 0. The third kappa shape index (κ3) is 3.98. The van der Waals surface area contributed by atoms with Crippen LogP contribution >= 0.6 is 0 Å². The second kappa shape index (κ2) is 9.22. The first-order chi connectivity index (χ1) is 18.5. The van der Waals surface area contributed by atoms with Gasteiger partial charge in [0.1, 0.15) is 42.2 Å². The average Bonchev–Trinajstić information content (AvgIpc) is 3.80. The Kier molecular flexibility index (Phi) is 6.41. The van der Waals surface area contributed by atoms with Gasteiger partial charge >= 0.3 is 11.9 Å². The standard InChI is InChI=1S/C29H38O10/c1-16-9-10-28-14-35-25(33)24-26(3,39-24)11-12-34-18(17(2)30)7-5-6-8-20(31)38-22-21(32)23(37-19(28)13-16)29(15-36-29)27(22,28)4/h5-8,13,17-19,21-24,30,32H,9-12,14-15H2,1-4H3/b7-5+,8-6-/t17-,18-,19-,21-,22-,23-,24-,26-,27-,28+,29+/m1/s1. The highest BCUT2D eigenvalue weighted by atomic mass is 16.7. The number of hydrogen-bond donors (Lipinski definition) is 2. The molecule has 0 radical (unpaired) electrons. The van der Waals surface area contributed by atoms with Gasteiger partial charge < -0.3 is 38.6 Å². The number of epoxide rings is 2. The lowest BCUT2D eigenvalue weighted by atomic mass is 9.51. The predicted molar refractivity (Wildman–Crippen MR) is 135 cm³/mol. The number of rotatable bonds is 1. The van der Waals surface area contributed by atoms with Crippen molar-refractivity contribution >= 4 is 11.9 Å². The number of aliphatic hydroxyl groups is 2. The van der Waals surface area contributed by atoms with E-state index in [1.807, 2.05) is 26.8 Å². The third-order valence-electron chi connectivity index (χ3n) is 10.1. The molecule has 6 aliphatic rings. The Bertz CT molecular complexity index is 1120. The lowest BCUT2D eigenvalue weighted by Crippen LogP contribution is -2.66. The molecule has 0 amide bonds. The summed E-state index contributed by atoms with van der Waals surface area (Å²) in [4.78, 5) is 26.3. The van der Waals surface area contributed by atoms with E-state index in [0.29, 0.717) is 19.4 Å². The van der Waals surface area contributed by atoms with Crippen molar-refractivity contribution < 1.29 is 48.2 Å². The molecule has 3 saturated heterocycles. The van der Waals surface area contributed by atoms with Crippen molar-refractivity contribution in [2.24, 2.45) is 10.8 Å². The monoisotopic (exact) mass is 546 g/mol. The largest absolute Gasteiger partial charge is 0.463 e. The predicted octanol–water partition coefficient (Wildman–Crippen LogP) is 1.52. The number of fused-ring (bicyclic) bond motifs is 1. The van der Waals surface area contributed by atoms with Crippen molar-refractivity contribution in [2.45, 2.75) is 101 Å². The molecular formula is C29H38O10. The number of carbonyl (C=O) groups is 2. The highest BCUT2D eigenvalue weighted by Crippen LogP contribution is 2.72. The van der Waals surface area contributed by atoms with E-state index in [1.165, 1.54) is 12.2 Å². The van der Waals surface area contributed by atoms with Crippen LogP contribution in [-0.2, 0) is 38.0 Å². The van der Waals surface area contributed by atoms with Gasteiger partial charge in [0.05, 0.1) is 30.8 Å². The van der Waals surface area contributed by atoms with E-state index in [0.717, 1.165) is 12.0 Å². The number of hydrogen-bond acceptors (Lipinski definition) is 10. The van der Waals surface area contributed by atoms with E-state index in [2.05, 4.69) is 0 Å². The zero-order chi connectivity index (χ0) is 27.8. The Hall–Kier alpha value is -2.08. The number of cyclic esters (lactones) is 1. The molecule has 10 heteroatoms. The minimum atomic E-state index is -1.12. The van der Waals surface area contributed by atoms with Crippen LogP contribution in [0.3, 0.4) is 0 Å². The molecule has 39 heavy (non-hydrogen) atoms. The topological polar surface area (TPSA) is 137 Å². The van der Waals surface area contributed by atoms with Crippen LogP contribution < -0.4 is 0 Å². The first kappa shape index (κ1) is 27.1. The summed E-state index contributed by atoms with van der Waals surface area (Å²) in [6, 6.07) is 0. The van der Waals surface area contributed by atoms with Crippen molar-refractivity contribution in [3.05, 3.63) is 36.0 Å². The van der Waals surface area contributed by atoms with Crippen LogP contribution in [0.5, 0.6) is 0 Å². The first-order valence-corrected chi connectivity index (χ1v) is 13.8. The van der Waals surface area contributed by atoms with Crippen LogP contribution in [0.2, 0.25) is 0 Å². The summed E-state index contributed by atoms with van der Waals surface area (Å²) in [5, 5.41) is 21.5. The lowest BCUT2D eigenvalue weighted by molar-refractivity contribution is -0.233. The normalized spacial score (nSPS) is 51.7. The number of aliphatic hydroxyl groups excluding tert-OH is 2. The minimum absolute atomic E-state index is 0.00446. The van der Waals surface area contributed by atoms with E-state index in [9.17, 15) is 19.8 Å². The molecule has 4 aliphatic heterocycles. The molecule has 2 N–H and O–H groups in total. The summed E-state index contributed by atoms with van der Waals surface area (Å²) < 4.78 is 36.1. The molecule has 2 spiro atoms. The fourth-order valence-corrected chi connectivity index (χ4v) is 7.41. The summed E-state index contributed by atoms with van der Waals surface area (Å²) in [6.07, 6.45) is 4.54. The van der Waals surface area contributed by atoms with Crippen molar-refractivity contribution in [1.82, 2.24) is 0 Å². The van der Waals surface area contributed by atoms with Gasteiger partial charge in [-0.05, 0) is 33.6 Å². The molecule has 0 aromatic carbocycles. The molecule has 0 aromatic rings. The van der Waals surface area contributed by atoms with Crippen LogP contribution in [-0.4, -0.2) is 95.9 Å². The van der Waals surface area contributed by atoms with Crippen molar-refractivity contribution in [3.63, 3.8) is 0 Å². The molecule has 4 fully saturated rings. The van der Waals surface area contributed by atoms with Gasteiger partial charge in [0, 0.05) is 17.9 Å². The molecule has 1 saturated carbocycles. The Labute approximate surface area is 227 Å². The molecule has 0 unspecified atom stereocenters. The Balaban J connectivity index is 1.38. The zero-order valence-corrected chi connectivity index (χ0v) is 22.8. The minimum Gasteiger partial charge on any atom is -0.463 e. The molecular weight excluding hydrogens is 508 g/mol. The van der Waals surface area contributed by atoms with Gasteiger partial charge in [-0.3, -0.25) is 0 Å². The second-order valence-electron chi connectivity index (χ2n) is 12.4. The van der Waals surface area contributed by atoms with Crippen molar-refractivity contribution in [2.75, 3.05) is 19.8 Å². The number of allylic oxidation sites excluding steroid dienone is 3. The van der Waals surface area contributed by atoms with Crippen LogP contribution in [0, 0.1) is 10.8 Å². The van der Waals surface area contributed by atoms with E-state index in [1.54, 1.807) is 19.1 Å². The van der Waals surface area contributed by atoms with Gasteiger partial charge in [0.25, 0.3) is 0 Å². The van der Waals surface area contributed by atoms with E-state index >= 15 is 0 Å². The zero-order valence-electron chi connectivity index (χ0n) is 22.8. The maximum Gasteiger partial charge on any atom is 0.338 e. The fourth-order valence-electron chi connectivity index (χ4n) is 7.41. The van der Waals surface area contributed by atoms with E-state index < -0.39 is 76.7 Å². The van der Waals surface area contributed by atoms with Crippen molar-refractivity contribution in [3.8, 4) is 0 Å². The van der Waals surface area contributed by atoms with Crippen LogP contribution in [0.25, 0.3) is 0 Å². The lowest BCUT2D eigenvalue weighted by Gasteiger charge is -2.58. The average molecular weight is 547 g/mol. The summed E-state index contributed by atoms with van der Waals surface area (Å²) >= 11 is 0. The molecule has 214 valence electrons. The summed E-state index contributed by atoms with van der Waals surface area (Å²) in [5.74, 6) is -1.10. The maximum absolute atomic E-state index is 13.3. The van der Waals surface area contributed by atoms with Gasteiger partial charge in [-0.15, -0.1) is 0 Å². The van der Waals surface area contributed by atoms with Gasteiger partial charge in [-0.2, -0.15) is 0 Å². The van der Waals surface area contributed by atoms with E-state index in [-0.39, 0.29) is 13.2 Å². The molecule has 2 bridgehead atoms. The molecule has 2 aliphatic carbocycles. The van der Waals surface area contributed by atoms with Crippen LogP contribution in [0.4, 0.5) is 0 Å². The summed E-state index contributed by atoms with van der Waals surface area (Å²) in [5.41, 5.74) is -2.12. The molecule has 0 aromatic heterocycles. The Morgan fingerprint density at radius 2 is 1.87 bits per heavy atom. The third-order valence-corrected chi connectivity index (χ3v) is 10.1. The number of esters is 2. The number of carbonyl (C=O) groups excluding carboxylic acids is 2. The van der Waals surface area contributed by atoms with Gasteiger partial charge in [0.2, 0.25) is 0 Å². The molecule has 6 rings (SSSR count). The van der Waals surface area contributed by atoms with E-state index in [4.69, 9.17) is 28.4 Å². The first-order valence-electron chi connectivity index (χ1n) is 13.8. The molecule has 4 heterocycles. The van der Waals surface area contributed by atoms with Gasteiger partial charge in [0.15, 0.2) is 6.10 Å². The smallest absolute Gasteiger partial charge is 0.338 e. The van der Waals surface area contributed by atoms with Gasteiger partial charge in [-0.1, -0.05) is 36.8 Å². The number of ether oxygens (including phenoxy) is 6. The Morgan fingerprint density at radius 3 is 2.59 bits per heavy atom. The quantitative estimate of drug-likeness (QED) is 0.283. The Morgan fingerprint density at radius 1 is 1.10 bits per heavy atom. The summed E-state index contributed by atoms with van der Waals surface area (Å²) in [6.45, 7) is 8.08. The van der Waals surface area contributed by atoms with Crippen LogP contribution in [0.1, 0.15) is 47.0 Å². The molecule has 11 atom stereocenters.